The van der Waals surface area contributed by atoms with Crippen LogP contribution in [0.5, 0.6) is 0 Å². The molecule has 2 rings (SSSR count). The normalized spacial score (nSPS) is 10.8. The van der Waals surface area contributed by atoms with Gasteiger partial charge in [-0.3, -0.25) is 9.79 Å². The van der Waals surface area contributed by atoms with Gasteiger partial charge in [0.1, 0.15) is 0 Å². The second kappa shape index (κ2) is 13.1. The number of carbonyl (C=O) groups excluding carboxylic acids is 1. The second-order valence-corrected chi connectivity index (χ2v) is 6.46. The molecule has 2 aromatic carbocycles. The van der Waals surface area contributed by atoms with Gasteiger partial charge in [-0.1, -0.05) is 61.5 Å². The Labute approximate surface area is 185 Å². The fourth-order valence-electron chi connectivity index (χ4n) is 2.90. The summed E-state index contributed by atoms with van der Waals surface area (Å²) >= 11 is 0. The van der Waals surface area contributed by atoms with E-state index in [2.05, 4.69) is 40.7 Å². The van der Waals surface area contributed by atoms with Crippen LogP contribution in [0.25, 0.3) is 0 Å². The summed E-state index contributed by atoms with van der Waals surface area (Å²) in [6.07, 6.45) is 1.43. The molecule has 5 nitrogen and oxygen atoms in total. The van der Waals surface area contributed by atoms with Crippen LogP contribution in [-0.4, -0.2) is 37.4 Å². The number of benzene rings is 2. The van der Waals surface area contributed by atoms with E-state index in [1.165, 1.54) is 11.1 Å². The van der Waals surface area contributed by atoms with Crippen molar-refractivity contribution in [1.29, 1.82) is 0 Å². The Kier molecular flexibility index (Phi) is 11.2. The molecule has 0 unspecified atom stereocenters. The topological polar surface area (TPSA) is 56.7 Å². The van der Waals surface area contributed by atoms with Gasteiger partial charge in [0, 0.05) is 40.2 Å². The number of rotatable bonds is 8. The summed E-state index contributed by atoms with van der Waals surface area (Å²) in [5.74, 6) is 0.817. The SMILES string of the molecule is CCc1ccccc1CNC(=NC)NCCC(=O)N(C)Cc1ccccc1.I. The minimum atomic E-state index is 0. The fraction of sp³-hybridized carbons (Fsp3) is 0.364. The number of nitrogens with zero attached hydrogens (tertiary/aromatic N) is 2. The molecule has 2 aromatic rings. The number of hydrogen-bond donors (Lipinski definition) is 2. The average molecular weight is 494 g/mol. The van der Waals surface area contributed by atoms with E-state index in [0.717, 1.165) is 12.0 Å². The Morgan fingerprint density at radius 1 is 1.00 bits per heavy atom. The molecule has 0 atom stereocenters. The molecule has 0 aliphatic rings. The lowest BCUT2D eigenvalue weighted by molar-refractivity contribution is -0.130. The highest BCUT2D eigenvalue weighted by Gasteiger charge is 2.09. The highest BCUT2D eigenvalue weighted by molar-refractivity contribution is 14.0. The number of guanidine groups is 1. The van der Waals surface area contributed by atoms with E-state index in [4.69, 9.17) is 0 Å². The maximum absolute atomic E-state index is 12.3. The van der Waals surface area contributed by atoms with Crippen LogP contribution in [-0.2, 0) is 24.3 Å². The van der Waals surface area contributed by atoms with Gasteiger partial charge in [-0.05, 0) is 23.1 Å². The minimum absolute atomic E-state index is 0. The van der Waals surface area contributed by atoms with E-state index in [-0.39, 0.29) is 29.9 Å². The van der Waals surface area contributed by atoms with Crippen molar-refractivity contribution in [3.63, 3.8) is 0 Å². The molecule has 0 aliphatic carbocycles. The monoisotopic (exact) mass is 494 g/mol. The Morgan fingerprint density at radius 3 is 2.29 bits per heavy atom. The quantitative estimate of drug-likeness (QED) is 0.335. The molecule has 1 amide bonds. The first-order chi connectivity index (χ1) is 13.1. The molecular weight excluding hydrogens is 463 g/mol. The first-order valence-electron chi connectivity index (χ1n) is 9.43. The molecule has 152 valence electrons. The second-order valence-electron chi connectivity index (χ2n) is 6.46. The molecule has 0 radical (unpaired) electrons. The van der Waals surface area contributed by atoms with Crippen LogP contribution in [0.3, 0.4) is 0 Å². The first-order valence-corrected chi connectivity index (χ1v) is 9.43. The van der Waals surface area contributed by atoms with Gasteiger partial charge < -0.3 is 15.5 Å². The van der Waals surface area contributed by atoms with Crippen molar-refractivity contribution in [2.45, 2.75) is 32.9 Å². The van der Waals surface area contributed by atoms with Gasteiger partial charge in [0.2, 0.25) is 5.91 Å². The van der Waals surface area contributed by atoms with Crippen LogP contribution in [0.1, 0.15) is 30.0 Å². The predicted octanol–water partition coefficient (Wildman–Crippen LogP) is 3.58. The summed E-state index contributed by atoms with van der Waals surface area (Å²) in [6, 6.07) is 18.4. The molecular formula is C22H31IN4O. The van der Waals surface area contributed by atoms with Gasteiger partial charge in [0.05, 0.1) is 0 Å². The smallest absolute Gasteiger partial charge is 0.224 e. The Bertz CT molecular complexity index is 749. The average Bonchev–Trinajstić information content (AvgIpc) is 2.71. The van der Waals surface area contributed by atoms with Crippen molar-refractivity contribution in [3.8, 4) is 0 Å². The van der Waals surface area contributed by atoms with Crippen LogP contribution in [0.15, 0.2) is 59.6 Å². The lowest BCUT2D eigenvalue weighted by atomic mass is 10.1. The van der Waals surface area contributed by atoms with Crippen molar-refractivity contribution < 1.29 is 4.79 Å². The molecule has 0 saturated carbocycles. The molecule has 0 bridgehead atoms. The molecule has 0 aromatic heterocycles. The standard InChI is InChI=1S/C22H30N4O.HI/c1-4-19-12-8-9-13-20(19)16-25-22(23-2)24-15-14-21(27)26(3)17-18-10-6-5-7-11-18;/h5-13H,4,14-17H2,1-3H3,(H2,23,24,25);1H. The van der Waals surface area contributed by atoms with Crippen LogP contribution < -0.4 is 10.6 Å². The molecule has 6 heteroatoms. The molecule has 0 saturated heterocycles. The molecule has 0 aliphatic heterocycles. The number of nitrogens with one attached hydrogen (secondary N) is 2. The number of carbonyl (C=O) groups is 1. The third-order valence-electron chi connectivity index (χ3n) is 4.49. The van der Waals surface area contributed by atoms with Crippen molar-refractivity contribution in [3.05, 3.63) is 71.3 Å². The highest BCUT2D eigenvalue weighted by atomic mass is 127. The lowest BCUT2D eigenvalue weighted by Crippen LogP contribution is -2.39. The highest BCUT2D eigenvalue weighted by Crippen LogP contribution is 2.08. The summed E-state index contributed by atoms with van der Waals surface area (Å²) in [4.78, 5) is 18.3. The molecule has 0 fully saturated rings. The van der Waals surface area contributed by atoms with E-state index < -0.39 is 0 Å². The number of halogens is 1. The summed E-state index contributed by atoms with van der Waals surface area (Å²) in [6.45, 7) is 4.04. The molecule has 0 spiro atoms. The third-order valence-corrected chi connectivity index (χ3v) is 4.49. The minimum Gasteiger partial charge on any atom is -0.356 e. The number of aliphatic imine (C=N–C) groups is 1. The van der Waals surface area contributed by atoms with Crippen molar-refractivity contribution >= 4 is 35.8 Å². The van der Waals surface area contributed by atoms with Gasteiger partial charge in [-0.2, -0.15) is 0 Å². The Hall–Kier alpha value is -2.09. The largest absolute Gasteiger partial charge is 0.356 e. The van der Waals surface area contributed by atoms with Gasteiger partial charge in [0.15, 0.2) is 5.96 Å². The number of hydrogen-bond acceptors (Lipinski definition) is 2. The zero-order valence-corrected chi connectivity index (χ0v) is 19.3. The molecule has 0 heterocycles. The lowest BCUT2D eigenvalue weighted by Gasteiger charge is -2.18. The van der Waals surface area contributed by atoms with Gasteiger partial charge >= 0.3 is 0 Å². The van der Waals surface area contributed by atoms with Crippen LogP contribution in [0, 0.1) is 0 Å². The predicted molar refractivity (Wildman–Crippen MR) is 127 cm³/mol. The third kappa shape index (κ3) is 7.88. The van der Waals surface area contributed by atoms with E-state index in [1.807, 2.05) is 43.4 Å². The number of amides is 1. The van der Waals surface area contributed by atoms with E-state index in [9.17, 15) is 4.79 Å². The zero-order valence-electron chi connectivity index (χ0n) is 16.9. The van der Waals surface area contributed by atoms with Gasteiger partial charge in [-0.25, -0.2) is 0 Å². The van der Waals surface area contributed by atoms with Crippen LogP contribution in [0.4, 0.5) is 0 Å². The van der Waals surface area contributed by atoms with Gasteiger partial charge in [0.25, 0.3) is 0 Å². The summed E-state index contributed by atoms with van der Waals surface area (Å²) in [5.41, 5.74) is 3.73. The maximum atomic E-state index is 12.3. The van der Waals surface area contributed by atoms with E-state index in [1.54, 1.807) is 11.9 Å². The van der Waals surface area contributed by atoms with Gasteiger partial charge in [-0.15, -0.1) is 24.0 Å². The molecule has 2 N–H and O–H groups in total. The first kappa shape index (κ1) is 23.9. The summed E-state index contributed by atoms with van der Waals surface area (Å²) < 4.78 is 0. The zero-order chi connectivity index (χ0) is 19.5. The Morgan fingerprint density at radius 2 is 1.64 bits per heavy atom. The van der Waals surface area contributed by atoms with E-state index >= 15 is 0 Å². The van der Waals surface area contributed by atoms with Crippen molar-refractivity contribution in [2.24, 2.45) is 4.99 Å². The summed E-state index contributed by atoms with van der Waals surface area (Å²) in [5, 5.41) is 6.54. The van der Waals surface area contributed by atoms with Crippen LogP contribution in [0.2, 0.25) is 0 Å². The van der Waals surface area contributed by atoms with Crippen molar-refractivity contribution in [2.75, 3.05) is 20.6 Å². The van der Waals surface area contributed by atoms with E-state index in [0.29, 0.717) is 32.0 Å². The Balaban J connectivity index is 0.00000392. The van der Waals surface area contributed by atoms with Crippen molar-refractivity contribution in [1.82, 2.24) is 15.5 Å². The summed E-state index contributed by atoms with van der Waals surface area (Å²) in [7, 11) is 3.58. The molecule has 28 heavy (non-hydrogen) atoms. The number of aryl methyl sites for hydroxylation is 1. The fourth-order valence-corrected chi connectivity index (χ4v) is 2.90. The van der Waals surface area contributed by atoms with Crippen LogP contribution >= 0.6 is 24.0 Å². The maximum Gasteiger partial charge on any atom is 0.224 e.